The Labute approximate surface area is 81.7 Å². The summed E-state index contributed by atoms with van der Waals surface area (Å²) < 4.78 is 10.0. The lowest BCUT2D eigenvalue weighted by Gasteiger charge is -2.26. The number of alkyl halides is 1. The first-order chi connectivity index (χ1) is 5.62. The van der Waals surface area contributed by atoms with Gasteiger partial charge in [0.2, 0.25) is 0 Å². The van der Waals surface area contributed by atoms with Crippen molar-refractivity contribution in [2.75, 3.05) is 14.2 Å². The molecule has 0 heterocycles. The van der Waals surface area contributed by atoms with E-state index in [1.165, 1.54) is 7.11 Å². The summed E-state index contributed by atoms with van der Waals surface area (Å²) in [6, 6.07) is 0. The SMILES string of the molecule is COC1=CCC(Cl)(OC)C(Cl)=C1. The van der Waals surface area contributed by atoms with Gasteiger partial charge in [-0.15, -0.1) is 0 Å². The molecule has 0 aromatic rings. The van der Waals surface area contributed by atoms with Gasteiger partial charge in [0.15, 0.2) is 5.06 Å². The van der Waals surface area contributed by atoms with Gasteiger partial charge in [0, 0.05) is 13.5 Å². The van der Waals surface area contributed by atoms with Crippen LogP contribution in [-0.4, -0.2) is 19.3 Å². The van der Waals surface area contributed by atoms with Crippen LogP contribution in [-0.2, 0) is 9.47 Å². The highest BCUT2D eigenvalue weighted by atomic mass is 35.5. The van der Waals surface area contributed by atoms with Crippen LogP contribution in [0.15, 0.2) is 22.9 Å². The van der Waals surface area contributed by atoms with Gasteiger partial charge in [-0.05, 0) is 12.2 Å². The Kier molecular flexibility index (Phi) is 3.04. The zero-order valence-corrected chi connectivity index (χ0v) is 8.45. The maximum absolute atomic E-state index is 6.01. The molecule has 0 aromatic heterocycles. The van der Waals surface area contributed by atoms with E-state index < -0.39 is 5.06 Å². The molecule has 0 saturated carbocycles. The number of allylic oxidation sites excluding steroid dienone is 1. The van der Waals surface area contributed by atoms with Crippen molar-refractivity contribution in [1.82, 2.24) is 0 Å². The van der Waals surface area contributed by atoms with Crippen LogP contribution in [0.25, 0.3) is 0 Å². The molecule has 1 atom stereocenters. The van der Waals surface area contributed by atoms with Crippen LogP contribution >= 0.6 is 23.2 Å². The maximum atomic E-state index is 6.01. The predicted molar refractivity (Wildman–Crippen MR) is 49.2 cm³/mol. The van der Waals surface area contributed by atoms with Gasteiger partial charge in [0.25, 0.3) is 0 Å². The summed E-state index contributed by atoms with van der Waals surface area (Å²) in [5, 5.41) is -0.449. The normalized spacial score (nSPS) is 29.3. The van der Waals surface area contributed by atoms with E-state index in [0.717, 1.165) is 0 Å². The van der Waals surface area contributed by atoms with E-state index in [1.807, 2.05) is 6.08 Å². The minimum atomic E-state index is -0.899. The second kappa shape index (κ2) is 3.69. The summed E-state index contributed by atoms with van der Waals surface area (Å²) in [5.74, 6) is 0.716. The Hall–Kier alpha value is -0.180. The van der Waals surface area contributed by atoms with Crippen molar-refractivity contribution in [3.63, 3.8) is 0 Å². The Morgan fingerprint density at radius 1 is 1.50 bits per heavy atom. The van der Waals surface area contributed by atoms with E-state index in [1.54, 1.807) is 13.2 Å². The summed E-state index contributed by atoms with van der Waals surface area (Å²) in [5.41, 5.74) is 0. The van der Waals surface area contributed by atoms with Crippen molar-refractivity contribution < 1.29 is 9.47 Å². The largest absolute Gasteiger partial charge is 0.497 e. The zero-order chi connectivity index (χ0) is 9.19. The first kappa shape index (κ1) is 9.90. The van der Waals surface area contributed by atoms with Gasteiger partial charge in [-0.25, -0.2) is 0 Å². The summed E-state index contributed by atoms with van der Waals surface area (Å²) in [7, 11) is 3.11. The van der Waals surface area contributed by atoms with Gasteiger partial charge >= 0.3 is 0 Å². The lowest BCUT2D eigenvalue weighted by atomic mass is 10.1. The molecule has 1 rings (SSSR count). The summed E-state index contributed by atoms with van der Waals surface area (Å²) >= 11 is 11.9. The number of hydrogen-bond donors (Lipinski definition) is 0. The molecule has 12 heavy (non-hydrogen) atoms. The monoisotopic (exact) mass is 208 g/mol. The van der Waals surface area contributed by atoms with Crippen LogP contribution in [0.1, 0.15) is 6.42 Å². The third kappa shape index (κ3) is 1.76. The van der Waals surface area contributed by atoms with Gasteiger partial charge in [0.1, 0.15) is 5.76 Å². The molecule has 1 unspecified atom stereocenters. The molecule has 0 aliphatic heterocycles. The quantitative estimate of drug-likeness (QED) is 0.651. The van der Waals surface area contributed by atoms with Gasteiger partial charge in [0.05, 0.1) is 12.1 Å². The number of hydrogen-bond acceptors (Lipinski definition) is 2. The molecule has 0 N–H and O–H groups in total. The fourth-order valence-electron chi connectivity index (χ4n) is 0.944. The van der Waals surface area contributed by atoms with Crippen LogP contribution in [0.4, 0.5) is 0 Å². The van der Waals surface area contributed by atoms with E-state index in [-0.39, 0.29) is 0 Å². The smallest absolute Gasteiger partial charge is 0.181 e. The van der Waals surface area contributed by atoms with Crippen LogP contribution in [0.2, 0.25) is 0 Å². The van der Waals surface area contributed by atoms with Crippen molar-refractivity contribution in [1.29, 1.82) is 0 Å². The average molecular weight is 209 g/mol. The highest BCUT2D eigenvalue weighted by Crippen LogP contribution is 2.37. The first-order valence-corrected chi connectivity index (χ1v) is 4.24. The van der Waals surface area contributed by atoms with Crippen molar-refractivity contribution in [2.24, 2.45) is 0 Å². The molecule has 0 amide bonds. The molecular weight excluding hydrogens is 199 g/mol. The Balaban J connectivity index is 2.83. The second-order valence-electron chi connectivity index (χ2n) is 2.44. The Bertz CT molecular complexity index is 235. The molecular formula is C8H10Cl2O2. The topological polar surface area (TPSA) is 18.5 Å². The number of methoxy groups -OCH3 is 2. The van der Waals surface area contributed by atoms with Crippen molar-refractivity contribution >= 4 is 23.2 Å². The van der Waals surface area contributed by atoms with Gasteiger partial charge in [-0.3, -0.25) is 0 Å². The molecule has 0 fully saturated rings. The third-order valence-corrected chi connectivity index (χ3v) is 2.77. The van der Waals surface area contributed by atoms with E-state index >= 15 is 0 Å². The minimum Gasteiger partial charge on any atom is -0.497 e. The summed E-state index contributed by atoms with van der Waals surface area (Å²) in [4.78, 5) is 0. The highest BCUT2D eigenvalue weighted by molar-refractivity contribution is 6.39. The third-order valence-electron chi connectivity index (χ3n) is 1.75. The average Bonchev–Trinajstić information content (AvgIpc) is 2.10. The van der Waals surface area contributed by atoms with Gasteiger partial charge in [-0.1, -0.05) is 23.2 Å². The van der Waals surface area contributed by atoms with E-state index in [2.05, 4.69) is 0 Å². The lowest BCUT2D eigenvalue weighted by Crippen LogP contribution is -2.25. The second-order valence-corrected chi connectivity index (χ2v) is 3.46. The molecule has 0 aromatic carbocycles. The zero-order valence-electron chi connectivity index (χ0n) is 6.93. The fourth-order valence-corrected chi connectivity index (χ4v) is 1.34. The lowest BCUT2D eigenvalue weighted by molar-refractivity contribution is 0.0995. The Morgan fingerprint density at radius 2 is 2.17 bits per heavy atom. The molecule has 68 valence electrons. The standard InChI is InChI=1S/C8H10Cl2O2/c1-11-6-3-4-8(10,12-2)7(9)5-6/h3,5H,4H2,1-2H3. The first-order valence-electron chi connectivity index (χ1n) is 3.48. The number of rotatable bonds is 2. The molecule has 0 bridgehead atoms. The summed E-state index contributed by atoms with van der Waals surface area (Å²) in [6.07, 6.45) is 4.01. The van der Waals surface area contributed by atoms with Crippen molar-refractivity contribution in [2.45, 2.75) is 11.5 Å². The van der Waals surface area contributed by atoms with Crippen LogP contribution in [0.5, 0.6) is 0 Å². The number of ether oxygens (including phenoxy) is 2. The van der Waals surface area contributed by atoms with Crippen molar-refractivity contribution in [3.8, 4) is 0 Å². The maximum Gasteiger partial charge on any atom is 0.181 e. The Morgan fingerprint density at radius 3 is 2.58 bits per heavy atom. The van der Waals surface area contributed by atoms with Gasteiger partial charge < -0.3 is 9.47 Å². The van der Waals surface area contributed by atoms with E-state index in [4.69, 9.17) is 32.7 Å². The molecule has 1 aliphatic rings. The molecule has 2 nitrogen and oxygen atoms in total. The molecule has 4 heteroatoms. The highest BCUT2D eigenvalue weighted by Gasteiger charge is 2.32. The fraction of sp³-hybridized carbons (Fsp3) is 0.500. The van der Waals surface area contributed by atoms with Crippen LogP contribution in [0.3, 0.4) is 0 Å². The van der Waals surface area contributed by atoms with E-state index in [0.29, 0.717) is 17.2 Å². The molecule has 0 saturated heterocycles. The molecule has 0 radical (unpaired) electrons. The van der Waals surface area contributed by atoms with E-state index in [9.17, 15) is 0 Å². The van der Waals surface area contributed by atoms with Crippen LogP contribution in [0, 0.1) is 0 Å². The van der Waals surface area contributed by atoms with Gasteiger partial charge in [-0.2, -0.15) is 0 Å². The van der Waals surface area contributed by atoms with Crippen LogP contribution < -0.4 is 0 Å². The predicted octanol–water partition coefficient (Wildman–Crippen LogP) is 2.62. The molecule has 0 spiro atoms. The number of halogens is 2. The molecule has 1 aliphatic carbocycles. The van der Waals surface area contributed by atoms with Crippen molar-refractivity contribution in [3.05, 3.63) is 22.9 Å². The summed E-state index contributed by atoms with van der Waals surface area (Å²) in [6.45, 7) is 0. The minimum absolute atomic E-state index is 0.450.